The van der Waals surface area contributed by atoms with Crippen molar-refractivity contribution in [3.05, 3.63) is 24.3 Å². The van der Waals surface area contributed by atoms with Crippen molar-refractivity contribution >= 4 is 21.6 Å². The first-order valence-corrected chi connectivity index (χ1v) is 8.98. The van der Waals surface area contributed by atoms with Gasteiger partial charge in [-0.3, -0.25) is 4.79 Å². The summed E-state index contributed by atoms with van der Waals surface area (Å²) in [7, 11) is 0.367. The molecule has 0 spiro atoms. The molecule has 1 saturated carbocycles. The van der Waals surface area contributed by atoms with Crippen molar-refractivity contribution in [2.24, 2.45) is 5.14 Å². The summed E-state index contributed by atoms with van der Waals surface area (Å²) in [6.45, 7) is 0.365. The van der Waals surface area contributed by atoms with E-state index in [9.17, 15) is 13.2 Å². The molecule has 1 fully saturated rings. The van der Waals surface area contributed by atoms with E-state index in [-0.39, 0.29) is 10.8 Å². The van der Waals surface area contributed by atoms with E-state index in [4.69, 9.17) is 5.14 Å². The van der Waals surface area contributed by atoms with Crippen LogP contribution in [0.4, 0.5) is 5.69 Å². The zero-order chi connectivity index (χ0) is 16.4. The van der Waals surface area contributed by atoms with Gasteiger partial charge < -0.3 is 9.80 Å². The average Bonchev–Trinajstić information content (AvgIpc) is 2.91. The number of nitrogens with zero attached hydrogens (tertiary/aromatic N) is 1. The summed E-state index contributed by atoms with van der Waals surface area (Å²) >= 11 is 0. The molecule has 0 aliphatic heterocycles. The Kier molecular flexibility index (Phi) is 4.89. The Morgan fingerprint density at radius 3 is 2.55 bits per heavy atom. The first kappa shape index (κ1) is 16.9. The molecule has 0 bridgehead atoms. The second-order valence-corrected chi connectivity index (χ2v) is 8.06. The van der Waals surface area contributed by atoms with Crippen molar-refractivity contribution in [1.29, 1.82) is 0 Å². The maximum absolute atomic E-state index is 12.2. The smallest absolute Gasteiger partial charge is 0.279 e. The molecule has 1 aromatic rings. The first-order chi connectivity index (χ1) is 10.2. The number of likely N-dealkylation sites (N-methyl/N-ethyl adjacent to an activating group) is 1. The predicted octanol–water partition coefficient (Wildman–Crippen LogP) is 1.29. The summed E-state index contributed by atoms with van der Waals surface area (Å²) in [5.74, 6) is -0.122. The lowest BCUT2D eigenvalue weighted by molar-refractivity contribution is -0.906. The fourth-order valence-corrected chi connectivity index (χ4v) is 3.61. The Balaban J connectivity index is 2.03. The molecule has 6 nitrogen and oxygen atoms in total. The third kappa shape index (κ3) is 4.28. The van der Waals surface area contributed by atoms with Crippen LogP contribution >= 0.6 is 0 Å². The highest BCUT2D eigenvalue weighted by atomic mass is 32.2. The Bertz CT molecular complexity index is 650. The molecule has 0 heterocycles. The molecule has 0 saturated heterocycles. The number of sulfonamides is 1. The lowest BCUT2D eigenvalue weighted by atomic mass is 10.2. The summed E-state index contributed by atoms with van der Waals surface area (Å²) in [5.41, 5.74) is 0.447. The molecule has 1 amide bonds. The van der Waals surface area contributed by atoms with Crippen LogP contribution in [0.25, 0.3) is 0 Å². The fraction of sp³-hybridized carbons (Fsp3) is 0.533. The highest BCUT2D eigenvalue weighted by molar-refractivity contribution is 7.89. The molecule has 1 aliphatic rings. The van der Waals surface area contributed by atoms with Gasteiger partial charge >= 0.3 is 0 Å². The van der Waals surface area contributed by atoms with Gasteiger partial charge in [-0.25, -0.2) is 13.6 Å². The minimum atomic E-state index is -3.76. The zero-order valence-corrected chi connectivity index (χ0v) is 13.9. The van der Waals surface area contributed by atoms with Gasteiger partial charge in [-0.15, -0.1) is 0 Å². The molecule has 0 aromatic heterocycles. The number of hydrogen-bond donors (Lipinski definition) is 2. The van der Waals surface area contributed by atoms with Crippen LogP contribution in [-0.4, -0.2) is 45.5 Å². The van der Waals surface area contributed by atoms with Crippen LogP contribution in [0.5, 0.6) is 0 Å². The van der Waals surface area contributed by atoms with Crippen LogP contribution in [-0.2, 0) is 14.8 Å². The molecule has 0 unspecified atom stereocenters. The third-order valence-corrected chi connectivity index (χ3v) is 5.22. The van der Waals surface area contributed by atoms with Gasteiger partial charge in [0.1, 0.15) is 0 Å². The van der Waals surface area contributed by atoms with Crippen molar-refractivity contribution in [2.75, 3.05) is 26.0 Å². The molecular formula is C15H24N3O3S+. The first-order valence-electron chi connectivity index (χ1n) is 7.44. The van der Waals surface area contributed by atoms with Crippen LogP contribution < -0.4 is 10.5 Å². The number of carbonyl (C=O) groups is 1. The molecule has 0 atom stereocenters. The van der Waals surface area contributed by atoms with Crippen LogP contribution in [0.2, 0.25) is 0 Å². The number of rotatable bonds is 5. The number of nitrogens with two attached hydrogens (primary N) is 1. The second-order valence-electron chi connectivity index (χ2n) is 6.50. The Morgan fingerprint density at radius 1 is 1.32 bits per heavy atom. The van der Waals surface area contributed by atoms with E-state index < -0.39 is 10.0 Å². The monoisotopic (exact) mass is 326 g/mol. The lowest BCUT2D eigenvalue weighted by Gasteiger charge is -2.35. The summed E-state index contributed by atoms with van der Waals surface area (Å²) in [4.78, 5) is 12.2. The standard InChI is InChI=1S/C15H23N3O3S/c1-18(2,13-7-3-4-8-13)11-15(19)17-12-6-5-9-14(10-12)22(16,20)21/h5-6,9-10,13H,3-4,7-8,11H2,1-2H3,(H2-,16,17,19,20,21)/p+1. The number of amides is 1. The second kappa shape index (κ2) is 6.36. The largest absolute Gasteiger partial charge is 0.321 e. The molecule has 22 heavy (non-hydrogen) atoms. The van der Waals surface area contributed by atoms with Gasteiger partial charge in [-0.05, 0) is 43.9 Å². The van der Waals surface area contributed by atoms with Gasteiger partial charge in [0.05, 0.1) is 25.0 Å². The predicted molar refractivity (Wildman–Crippen MR) is 85.7 cm³/mol. The number of hydrogen-bond acceptors (Lipinski definition) is 3. The Labute approximate surface area is 131 Å². The zero-order valence-electron chi connectivity index (χ0n) is 13.1. The topological polar surface area (TPSA) is 89.3 Å². The normalized spacial score (nSPS) is 16.7. The molecule has 7 heteroatoms. The van der Waals surface area contributed by atoms with E-state index in [0.29, 0.717) is 22.8 Å². The maximum atomic E-state index is 12.2. The van der Waals surface area contributed by atoms with Gasteiger partial charge in [0.2, 0.25) is 10.0 Å². The van der Waals surface area contributed by atoms with E-state index in [1.54, 1.807) is 12.1 Å². The third-order valence-electron chi connectivity index (χ3n) is 4.31. The average molecular weight is 326 g/mol. The van der Waals surface area contributed by atoms with Gasteiger partial charge in [-0.1, -0.05) is 6.07 Å². The van der Waals surface area contributed by atoms with E-state index in [0.717, 1.165) is 12.8 Å². The molecule has 2 rings (SSSR count). The minimum Gasteiger partial charge on any atom is -0.321 e. The number of nitrogens with one attached hydrogen (secondary N) is 1. The number of benzene rings is 1. The molecule has 3 N–H and O–H groups in total. The number of anilines is 1. The molecule has 1 aromatic carbocycles. The van der Waals surface area contributed by atoms with E-state index in [2.05, 4.69) is 19.4 Å². The SMILES string of the molecule is C[N+](C)(CC(=O)Nc1cccc(S(N)(=O)=O)c1)C1CCCC1. The minimum absolute atomic E-state index is 0.00478. The summed E-state index contributed by atoms with van der Waals surface area (Å²) in [5, 5.41) is 7.86. The highest BCUT2D eigenvalue weighted by Gasteiger charge is 2.33. The van der Waals surface area contributed by atoms with Crippen molar-refractivity contribution in [1.82, 2.24) is 0 Å². The molecule has 122 valence electrons. The van der Waals surface area contributed by atoms with E-state index in [1.165, 1.54) is 25.0 Å². The number of primary sulfonamides is 1. The lowest BCUT2D eigenvalue weighted by Crippen LogP contribution is -2.51. The van der Waals surface area contributed by atoms with Crippen molar-refractivity contribution in [3.63, 3.8) is 0 Å². The van der Waals surface area contributed by atoms with Crippen molar-refractivity contribution in [3.8, 4) is 0 Å². The van der Waals surface area contributed by atoms with Crippen LogP contribution in [0.15, 0.2) is 29.2 Å². The number of quaternary nitrogens is 1. The van der Waals surface area contributed by atoms with E-state index >= 15 is 0 Å². The number of carbonyl (C=O) groups excluding carboxylic acids is 1. The van der Waals surface area contributed by atoms with Crippen molar-refractivity contribution in [2.45, 2.75) is 36.6 Å². The fourth-order valence-electron chi connectivity index (χ4n) is 3.05. The summed E-state index contributed by atoms with van der Waals surface area (Å²) in [6.07, 6.45) is 4.76. The van der Waals surface area contributed by atoms with Crippen LogP contribution in [0.1, 0.15) is 25.7 Å². The molecular weight excluding hydrogens is 302 g/mol. The highest BCUT2D eigenvalue weighted by Crippen LogP contribution is 2.26. The summed E-state index contributed by atoms with van der Waals surface area (Å²) in [6, 6.07) is 6.52. The quantitative estimate of drug-likeness (QED) is 0.799. The van der Waals surface area contributed by atoms with Gasteiger partial charge in [0.25, 0.3) is 5.91 Å². The maximum Gasteiger partial charge on any atom is 0.279 e. The van der Waals surface area contributed by atoms with Gasteiger partial charge in [0.15, 0.2) is 6.54 Å². The van der Waals surface area contributed by atoms with Crippen LogP contribution in [0.3, 0.4) is 0 Å². The van der Waals surface area contributed by atoms with E-state index in [1.807, 2.05) is 0 Å². The van der Waals surface area contributed by atoms with Gasteiger partial charge in [0, 0.05) is 5.69 Å². The van der Waals surface area contributed by atoms with Crippen LogP contribution in [0, 0.1) is 0 Å². The van der Waals surface area contributed by atoms with Crippen molar-refractivity contribution < 1.29 is 17.7 Å². The molecule has 1 aliphatic carbocycles. The Hall–Kier alpha value is -1.44. The van der Waals surface area contributed by atoms with Gasteiger partial charge in [-0.2, -0.15) is 0 Å². The Morgan fingerprint density at radius 2 is 1.95 bits per heavy atom. The summed E-state index contributed by atoms with van der Waals surface area (Å²) < 4.78 is 23.3. The molecule has 0 radical (unpaired) electrons.